The smallest absolute Gasteiger partial charge is 0.0596 e. The van der Waals surface area contributed by atoms with Crippen molar-refractivity contribution < 1.29 is 5.11 Å². The van der Waals surface area contributed by atoms with Gasteiger partial charge < -0.3 is 5.11 Å². The number of aromatic nitrogens is 1. The Morgan fingerprint density at radius 2 is 2.00 bits per heavy atom. The summed E-state index contributed by atoms with van der Waals surface area (Å²) >= 11 is 0. The van der Waals surface area contributed by atoms with Crippen LogP contribution in [-0.4, -0.2) is 16.2 Å². The van der Waals surface area contributed by atoms with Gasteiger partial charge in [-0.2, -0.15) is 0 Å². The maximum Gasteiger partial charge on any atom is 0.0596 e. The topological polar surface area (TPSA) is 33.1 Å². The minimum Gasteiger partial charge on any atom is -0.393 e. The first-order valence-electron chi connectivity index (χ1n) is 9.87. The van der Waals surface area contributed by atoms with Crippen LogP contribution >= 0.6 is 0 Å². The van der Waals surface area contributed by atoms with Gasteiger partial charge in [-0.1, -0.05) is 26.0 Å². The van der Waals surface area contributed by atoms with Gasteiger partial charge in [0, 0.05) is 11.9 Å². The second kappa shape index (κ2) is 4.94. The highest BCUT2D eigenvalue weighted by atomic mass is 16.3. The van der Waals surface area contributed by atoms with Crippen LogP contribution in [0.3, 0.4) is 0 Å². The van der Waals surface area contributed by atoms with Crippen LogP contribution in [0.15, 0.2) is 24.4 Å². The Kier molecular flexibility index (Phi) is 3.11. The molecule has 1 N–H and O–H groups in total. The minimum absolute atomic E-state index is 0.0714. The molecule has 1 aromatic rings. The van der Waals surface area contributed by atoms with Gasteiger partial charge in [-0.25, -0.2) is 0 Å². The van der Waals surface area contributed by atoms with E-state index in [1.807, 2.05) is 6.20 Å². The highest BCUT2D eigenvalue weighted by Gasteiger charge is 2.58. The van der Waals surface area contributed by atoms with Gasteiger partial charge >= 0.3 is 0 Å². The highest BCUT2D eigenvalue weighted by molar-refractivity contribution is 5.74. The van der Waals surface area contributed by atoms with Crippen LogP contribution < -0.4 is 0 Å². The van der Waals surface area contributed by atoms with Gasteiger partial charge in [0.1, 0.15) is 0 Å². The zero-order chi connectivity index (χ0) is 16.5. The zero-order valence-electron chi connectivity index (χ0n) is 15.0. The first-order chi connectivity index (χ1) is 11.5. The molecule has 0 bridgehead atoms. The van der Waals surface area contributed by atoms with E-state index in [2.05, 4.69) is 37.0 Å². The molecule has 2 heteroatoms. The molecular formula is C22H29NO. The lowest BCUT2D eigenvalue weighted by Gasteiger charge is -2.57. The predicted molar refractivity (Wildman–Crippen MR) is 96.3 cm³/mol. The summed E-state index contributed by atoms with van der Waals surface area (Å²) in [6.45, 7) is 4.90. The first-order valence-corrected chi connectivity index (χ1v) is 9.87. The molecule has 0 aromatic carbocycles. The lowest BCUT2D eigenvalue weighted by atomic mass is 9.48. The summed E-state index contributed by atoms with van der Waals surface area (Å²) in [5.74, 6) is 2.28. The molecule has 1 heterocycles. The van der Waals surface area contributed by atoms with Crippen LogP contribution in [0.2, 0.25) is 0 Å². The summed E-state index contributed by atoms with van der Waals surface area (Å²) in [5, 5.41) is 10.6. The van der Waals surface area contributed by atoms with Crippen molar-refractivity contribution >= 4 is 5.57 Å². The number of pyridine rings is 1. The molecule has 4 aliphatic rings. The maximum absolute atomic E-state index is 10.6. The van der Waals surface area contributed by atoms with Crippen LogP contribution in [0.25, 0.3) is 5.57 Å². The van der Waals surface area contributed by atoms with Gasteiger partial charge in [-0.05, 0) is 90.7 Å². The normalized spacial score (nSPS) is 46.4. The van der Waals surface area contributed by atoms with Crippen molar-refractivity contribution in [3.63, 3.8) is 0 Å². The standard InChI is InChI=1S/C22H29NO/c1-21-12-10-19-15(4-3-13-23-19)17(21)6-5-14-16-7-8-20(24)22(16,2)11-9-18(14)21/h3-4,6,13-14,16,18,20,24H,5,7-12H2,1-2H3/t14-,16-,18-,20-,21-,22-/m0/s1. The Bertz CT molecular complexity index is 710. The summed E-state index contributed by atoms with van der Waals surface area (Å²) in [6.07, 6.45) is 12.8. The summed E-state index contributed by atoms with van der Waals surface area (Å²) in [6, 6.07) is 4.39. The van der Waals surface area contributed by atoms with E-state index in [1.165, 1.54) is 43.4 Å². The highest BCUT2D eigenvalue weighted by Crippen LogP contribution is 2.65. The molecule has 6 atom stereocenters. The van der Waals surface area contributed by atoms with Crippen molar-refractivity contribution in [2.24, 2.45) is 28.6 Å². The molecule has 2 nitrogen and oxygen atoms in total. The van der Waals surface area contributed by atoms with Gasteiger partial charge in [0.05, 0.1) is 6.10 Å². The molecule has 0 saturated heterocycles. The van der Waals surface area contributed by atoms with Gasteiger partial charge in [0.15, 0.2) is 0 Å². The fraction of sp³-hybridized carbons (Fsp3) is 0.682. The van der Waals surface area contributed by atoms with Crippen molar-refractivity contribution in [3.05, 3.63) is 35.7 Å². The number of allylic oxidation sites excluding steroid dienone is 2. The third kappa shape index (κ3) is 1.78. The van der Waals surface area contributed by atoms with E-state index in [0.717, 1.165) is 30.6 Å². The molecule has 2 fully saturated rings. The molecule has 1 aromatic heterocycles. The Morgan fingerprint density at radius 1 is 1.12 bits per heavy atom. The molecule has 24 heavy (non-hydrogen) atoms. The molecule has 0 amide bonds. The number of hydrogen-bond acceptors (Lipinski definition) is 2. The van der Waals surface area contributed by atoms with E-state index in [0.29, 0.717) is 5.41 Å². The third-order valence-electron chi connectivity index (χ3n) is 8.48. The monoisotopic (exact) mass is 323 g/mol. The van der Waals surface area contributed by atoms with Crippen LogP contribution in [0, 0.1) is 28.6 Å². The number of hydrogen-bond donors (Lipinski definition) is 1. The molecule has 0 radical (unpaired) electrons. The number of aliphatic hydroxyl groups excluding tert-OH is 1. The quantitative estimate of drug-likeness (QED) is 0.755. The second-order valence-electron chi connectivity index (χ2n) is 9.28. The van der Waals surface area contributed by atoms with Gasteiger partial charge in [-0.3, -0.25) is 4.98 Å². The minimum atomic E-state index is -0.0714. The Hall–Kier alpha value is -1.15. The van der Waals surface area contributed by atoms with Crippen molar-refractivity contribution in [3.8, 4) is 0 Å². The fourth-order valence-corrected chi connectivity index (χ4v) is 7.06. The van der Waals surface area contributed by atoms with Crippen molar-refractivity contribution in [2.45, 2.75) is 64.9 Å². The summed E-state index contributed by atoms with van der Waals surface area (Å²) in [5.41, 5.74) is 4.80. The Labute approximate surface area is 145 Å². The number of fused-ring (bicyclic) bond motifs is 7. The van der Waals surface area contributed by atoms with Gasteiger partial charge in [0.2, 0.25) is 0 Å². The van der Waals surface area contributed by atoms with Crippen LogP contribution in [0.4, 0.5) is 0 Å². The average Bonchev–Trinajstić information content (AvgIpc) is 2.90. The van der Waals surface area contributed by atoms with E-state index in [9.17, 15) is 5.11 Å². The van der Waals surface area contributed by atoms with Gasteiger partial charge in [-0.15, -0.1) is 0 Å². The Morgan fingerprint density at radius 3 is 2.88 bits per heavy atom. The lowest BCUT2D eigenvalue weighted by Crippen LogP contribution is -2.50. The van der Waals surface area contributed by atoms with Crippen LogP contribution in [0.1, 0.15) is 63.6 Å². The Balaban J connectivity index is 1.58. The van der Waals surface area contributed by atoms with Gasteiger partial charge in [0.25, 0.3) is 0 Å². The van der Waals surface area contributed by atoms with Crippen molar-refractivity contribution in [1.29, 1.82) is 0 Å². The molecule has 5 rings (SSSR count). The van der Waals surface area contributed by atoms with E-state index in [4.69, 9.17) is 0 Å². The van der Waals surface area contributed by atoms with Crippen molar-refractivity contribution in [1.82, 2.24) is 4.98 Å². The zero-order valence-corrected chi connectivity index (χ0v) is 15.0. The third-order valence-corrected chi connectivity index (χ3v) is 8.48. The van der Waals surface area contributed by atoms with E-state index < -0.39 is 0 Å². The second-order valence-corrected chi connectivity index (χ2v) is 9.28. The molecule has 0 unspecified atom stereocenters. The number of aliphatic hydroxyl groups is 1. The molecule has 128 valence electrons. The number of aryl methyl sites for hydroxylation is 1. The summed E-state index contributed by atoms with van der Waals surface area (Å²) < 4.78 is 0. The molecule has 0 aliphatic heterocycles. The summed E-state index contributed by atoms with van der Waals surface area (Å²) in [7, 11) is 0. The number of rotatable bonds is 0. The van der Waals surface area contributed by atoms with E-state index in [-0.39, 0.29) is 11.5 Å². The predicted octanol–water partition coefficient (Wildman–Crippen LogP) is 4.62. The maximum atomic E-state index is 10.6. The van der Waals surface area contributed by atoms with Crippen LogP contribution in [0.5, 0.6) is 0 Å². The van der Waals surface area contributed by atoms with Crippen molar-refractivity contribution in [2.75, 3.05) is 0 Å². The van der Waals surface area contributed by atoms with E-state index in [1.54, 1.807) is 5.57 Å². The average molecular weight is 323 g/mol. The SMILES string of the molecule is C[C@]12CC[C@H]3[C@@H](CC=C4c5cccnc5CC[C@@]43C)[C@@H]1CC[C@@H]2O. The lowest BCUT2D eigenvalue weighted by molar-refractivity contribution is -0.0580. The first kappa shape index (κ1) is 15.1. The fourth-order valence-electron chi connectivity index (χ4n) is 7.06. The summed E-state index contributed by atoms with van der Waals surface area (Å²) in [4.78, 5) is 4.65. The largest absolute Gasteiger partial charge is 0.393 e. The molecule has 0 spiro atoms. The van der Waals surface area contributed by atoms with E-state index >= 15 is 0 Å². The molecular weight excluding hydrogens is 294 g/mol. The molecule has 4 aliphatic carbocycles. The number of nitrogens with zero attached hydrogens (tertiary/aromatic N) is 1. The molecule has 2 saturated carbocycles. The van der Waals surface area contributed by atoms with Crippen LogP contribution in [-0.2, 0) is 6.42 Å².